The van der Waals surface area contributed by atoms with Gasteiger partial charge in [-0.15, -0.1) is 0 Å². The van der Waals surface area contributed by atoms with Crippen LogP contribution in [-0.4, -0.2) is 57.5 Å². The predicted octanol–water partition coefficient (Wildman–Crippen LogP) is 5.27. The summed E-state index contributed by atoms with van der Waals surface area (Å²) in [7, 11) is 0. The second-order valence-corrected chi connectivity index (χ2v) is 16.6. The van der Waals surface area contributed by atoms with Crippen molar-refractivity contribution in [1.29, 1.82) is 0 Å². The van der Waals surface area contributed by atoms with Gasteiger partial charge in [0, 0.05) is 22.1 Å². The molecule has 14 nitrogen and oxygen atoms in total. The van der Waals surface area contributed by atoms with Crippen molar-refractivity contribution in [3.8, 4) is 0 Å². The number of carbonyl (C=O) groups is 4. The fourth-order valence-electron chi connectivity index (χ4n) is 3.49. The molecule has 0 spiro atoms. The molecule has 8 bridgehead atoms. The number of rotatable bonds is 4. The van der Waals surface area contributed by atoms with Crippen molar-refractivity contribution < 1.29 is 60.2 Å². The molecule has 2 aliphatic rings. The van der Waals surface area contributed by atoms with Crippen LogP contribution in [0.5, 0.6) is 0 Å². The van der Waals surface area contributed by atoms with Crippen LogP contribution in [0, 0.1) is 0 Å². The van der Waals surface area contributed by atoms with Crippen molar-refractivity contribution in [1.82, 2.24) is 19.9 Å². The van der Waals surface area contributed by atoms with Crippen LogP contribution in [0.4, 0.5) is 19.2 Å². The van der Waals surface area contributed by atoms with Gasteiger partial charge < -0.3 is 9.97 Å². The summed E-state index contributed by atoms with van der Waals surface area (Å²) in [6, 6.07) is 16.4. The topological polar surface area (TPSA) is 241 Å². The molecule has 0 atom stereocenters. The van der Waals surface area contributed by atoms with Crippen LogP contribution in [0.1, 0.15) is 22.8 Å². The van der Waals surface area contributed by atoms with Crippen molar-refractivity contribution >= 4 is 63.5 Å². The molecule has 39 heavy (non-hydrogen) atoms. The molecule has 0 aromatic carbocycles. The van der Waals surface area contributed by atoms with E-state index >= 15 is 0 Å². The van der Waals surface area contributed by atoms with Crippen LogP contribution in [-0.2, 0) is 20.6 Å². The first-order valence-corrected chi connectivity index (χ1v) is 15.4. The summed E-state index contributed by atoms with van der Waals surface area (Å²) in [5.41, 5.74) is 7.86. The second-order valence-electron chi connectivity index (χ2n) is 8.78. The maximum atomic E-state index is 11.3. The van der Waals surface area contributed by atoms with Crippen LogP contribution in [0.15, 0.2) is 48.5 Å². The average Bonchev–Trinajstić information content (AvgIpc) is 3.65. The molecule has 0 aliphatic carbocycles. The number of aromatic amines is 2. The van der Waals surface area contributed by atoms with Crippen molar-refractivity contribution in [2.24, 2.45) is 0 Å². The summed E-state index contributed by atoms with van der Waals surface area (Å²) in [5, 5.41) is 32.7. The van der Waals surface area contributed by atoms with Gasteiger partial charge in [0.05, 0.1) is 22.8 Å². The predicted molar refractivity (Wildman–Crippen MR) is 132 cm³/mol. The Morgan fingerprint density at radius 1 is 0.513 bits per heavy atom. The maximum absolute atomic E-state index is 11.3. The van der Waals surface area contributed by atoms with Crippen LogP contribution < -0.4 is 0 Å². The fourth-order valence-corrected chi connectivity index (χ4v) is 5.21. The number of aromatic nitrogens is 4. The first-order valence-electron chi connectivity index (χ1n) is 11.0. The molecule has 3 aromatic heterocycles. The quantitative estimate of drug-likeness (QED) is 0.151. The van der Waals surface area contributed by atoms with E-state index in [2.05, 4.69) is 44.2 Å². The Bertz CT molecular complexity index is 1740. The van der Waals surface area contributed by atoms with Crippen molar-refractivity contribution in [2.75, 3.05) is 0 Å². The second kappa shape index (κ2) is 8.68. The number of nitrogens with one attached hydrogen (secondary N) is 2. The Morgan fingerprint density at radius 3 is 0.923 bits per heavy atom. The zero-order valence-electron chi connectivity index (χ0n) is 19.6. The average molecular weight is 570 g/mol. The zero-order chi connectivity index (χ0) is 28.7. The van der Waals surface area contributed by atoms with E-state index in [1.807, 2.05) is 48.6 Å². The molecule has 3 aromatic rings. The summed E-state index contributed by atoms with van der Waals surface area (Å²) in [4.78, 5) is 57.2. The Balaban J connectivity index is 0.000000206. The number of nitrogens with zero attached hydrogens (tertiary/aromatic N) is 2. The molecule has 6 N–H and O–H groups in total. The normalized spacial score (nSPS) is 12.9. The van der Waals surface area contributed by atoms with Gasteiger partial charge in [-0.05, 0) is 72.8 Å². The summed E-state index contributed by atoms with van der Waals surface area (Å²) < 4.78 is 8.92. The molecule has 5 heterocycles. The molecule has 2 aliphatic heterocycles. The van der Waals surface area contributed by atoms with E-state index in [-0.39, 0.29) is 0 Å². The van der Waals surface area contributed by atoms with E-state index in [0.717, 1.165) is 44.8 Å². The van der Waals surface area contributed by atoms with E-state index in [1.165, 1.54) is 0 Å². The molecular formula is C24H18N4O10Ti. The van der Waals surface area contributed by atoms with Crippen molar-refractivity contribution in [3.05, 3.63) is 71.3 Å². The molecule has 5 rings (SSSR count). The number of hydrogen-bond donors (Lipinski definition) is 6. The number of fused-ring (bicyclic) bond motifs is 8. The van der Waals surface area contributed by atoms with Gasteiger partial charge in [-0.1, -0.05) is 0 Å². The molecule has 198 valence electrons. The first-order chi connectivity index (χ1) is 18.2. The standard InChI is InChI=1S/C20H14N4.4CHO2.2O.Ti/c1-2-14-10-16-5-6-18(23-16)12-20-8-7-19(24-20)11-17-4-3-15(22-17)9-13(1)21-14;4*2-1-3;;;/h1-12,21,24H;4*(H,2,3);;;. The summed E-state index contributed by atoms with van der Waals surface area (Å²) >= 11 is -9.81. The van der Waals surface area contributed by atoms with E-state index in [0.29, 0.717) is 0 Å². The Kier molecular flexibility index (Phi) is 5.98. The molecule has 0 amide bonds. The van der Waals surface area contributed by atoms with Gasteiger partial charge in [-0.3, -0.25) is 0 Å². The van der Waals surface area contributed by atoms with Crippen molar-refractivity contribution in [2.45, 2.75) is 0 Å². The third kappa shape index (κ3) is 4.13. The minimum absolute atomic E-state index is 0.939. The van der Waals surface area contributed by atoms with Gasteiger partial charge in [0.15, 0.2) is 0 Å². The molecule has 0 saturated heterocycles. The monoisotopic (exact) mass is 570 g/mol. The zero-order valence-corrected chi connectivity index (χ0v) is 21.1. The summed E-state index contributed by atoms with van der Waals surface area (Å²) in [6.07, 6.45) is 8.09. The first kappa shape index (κ1) is 26.8. The minimum atomic E-state index is -9.81. The van der Waals surface area contributed by atoms with Gasteiger partial charge in [-0.2, -0.15) is 0 Å². The van der Waals surface area contributed by atoms with Gasteiger partial charge in [0.1, 0.15) is 0 Å². The van der Waals surface area contributed by atoms with E-state index in [1.54, 1.807) is 0 Å². The molecule has 15 heteroatoms. The van der Waals surface area contributed by atoms with Gasteiger partial charge in [-0.25, -0.2) is 9.97 Å². The summed E-state index contributed by atoms with van der Waals surface area (Å²) in [5.74, 6) is 0. The Morgan fingerprint density at radius 2 is 0.744 bits per heavy atom. The molecule has 0 unspecified atom stereocenters. The number of H-pyrrole nitrogens is 2. The van der Waals surface area contributed by atoms with Crippen LogP contribution in [0.25, 0.3) is 46.4 Å². The SMILES string of the molecule is C1=Cc2cc3ccc(cc4nc(cc5ccc(cc1n2)[nH]5)C=C4)[nH]3.O=[C](O)[Ti](=[O])(=[O])([C](=O)O)([C](=O)O)[C](=O)O. The van der Waals surface area contributed by atoms with E-state index in [9.17, 15) is 25.8 Å². The van der Waals surface area contributed by atoms with Crippen molar-refractivity contribution in [3.63, 3.8) is 0 Å². The molecule has 0 fully saturated rings. The van der Waals surface area contributed by atoms with Gasteiger partial charge >= 0.3 is 77.3 Å². The third-order valence-electron chi connectivity index (χ3n) is 6.02. The molecule has 0 radical (unpaired) electrons. The Labute approximate surface area is 214 Å². The van der Waals surface area contributed by atoms with Crippen LogP contribution in [0.3, 0.4) is 0 Å². The van der Waals surface area contributed by atoms with Gasteiger partial charge in [0.25, 0.3) is 0 Å². The fraction of sp³-hybridized carbons (Fsp3) is 0. The van der Waals surface area contributed by atoms with Crippen LogP contribution >= 0.6 is 0 Å². The summed E-state index contributed by atoms with van der Waals surface area (Å²) in [6.45, 7) is 0. The van der Waals surface area contributed by atoms with E-state index in [4.69, 9.17) is 20.4 Å². The number of carboxylic acid groups (broad SMARTS) is 4. The molecular weight excluding hydrogens is 552 g/mol. The number of hydrogen-bond acceptors (Lipinski definition) is 8. The third-order valence-corrected chi connectivity index (χ3v) is 12.2. The molecule has 0 saturated carbocycles. The van der Waals surface area contributed by atoms with E-state index < -0.39 is 31.1 Å². The van der Waals surface area contributed by atoms with Gasteiger partial charge in [0.2, 0.25) is 0 Å². The van der Waals surface area contributed by atoms with Crippen LogP contribution in [0.2, 0.25) is 0 Å². The Hall–Kier alpha value is -5.21.